The van der Waals surface area contributed by atoms with E-state index >= 15 is 0 Å². The summed E-state index contributed by atoms with van der Waals surface area (Å²) in [7, 11) is 0. The molecule has 1 N–H and O–H groups in total. The average Bonchev–Trinajstić information content (AvgIpc) is 3.28. The number of nitrogens with zero attached hydrogens (tertiary/aromatic N) is 2. The van der Waals surface area contributed by atoms with E-state index in [1.807, 2.05) is 4.90 Å². The Morgan fingerprint density at radius 2 is 1.66 bits per heavy atom. The minimum atomic E-state index is -4.44. The van der Waals surface area contributed by atoms with Crippen molar-refractivity contribution < 1.29 is 13.2 Å². The van der Waals surface area contributed by atoms with Gasteiger partial charge in [-0.1, -0.05) is 29.8 Å². The lowest BCUT2D eigenvalue weighted by Crippen LogP contribution is -2.43. The predicted molar refractivity (Wildman–Crippen MR) is 127 cm³/mol. The maximum absolute atomic E-state index is 13.6. The molecule has 0 saturated carbocycles. The minimum absolute atomic E-state index is 0.326. The fraction of sp³-hybridized carbons (Fsp3) is 0.417. The van der Waals surface area contributed by atoms with Gasteiger partial charge in [0.25, 0.3) is 0 Å². The van der Waals surface area contributed by atoms with Crippen molar-refractivity contribution in [2.75, 3.05) is 36.4 Å². The molecule has 0 spiro atoms. The van der Waals surface area contributed by atoms with E-state index in [0.29, 0.717) is 38.7 Å². The second-order valence-corrected chi connectivity index (χ2v) is 9.30. The van der Waals surface area contributed by atoms with Gasteiger partial charge in [-0.05, 0) is 75.2 Å². The van der Waals surface area contributed by atoms with Gasteiger partial charge in [-0.2, -0.15) is 13.2 Å². The zero-order chi connectivity index (χ0) is 22.9. The quantitative estimate of drug-likeness (QED) is 0.486. The number of piperidine rings is 1. The maximum Gasteiger partial charge on any atom is 0.416 e. The monoisotopic (exact) mass is 483 g/mol. The summed E-state index contributed by atoms with van der Waals surface area (Å²) in [6, 6.07) is 9.56. The number of hydrogen-bond donors (Lipinski definition) is 1. The van der Waals surface area contributed by atoms with Gasteiger partial charge in [0.05, 0.1) is 10.6 Å². The first-order chi connectivity index (χ1) is 15.2. The molecule has 8 heteroatoms. The Morgan fingerprint density at radius 1 is 0.969 bits per heavy atom. The van der Waals surface area contributed by atoms with E-state index in [1.165, 1.54) is 18.9 Å². The first-order valence-corrected chi connectivity index (χ1v) is 11.6. The van der Waals surface area contributed by atoms with Crippen LogP contribution in [0.25, 0.3) is 5.70 Å². The van der Waals surface area contributed by atoms with Gasteiger partial charge in [0.2, 0.25) is 0 Å². The van der Waals surface area contributed by atoms with Gasteiger partial charge < -0.3 is 15.1 Å². The van der Waals surface area contributed by atoms with Gasteiger partial charge in [0.1, 0.15) is 0 Å². The Morgan fingerprint density at radius 3 is 2.28 bits per heavy atom. The molecule has 0 aliphatic carbocycles. The molecule has 2 fully saturated rings. The summed E-state index contributed by atoms with van der Waals surface area (Å²) in [6.45, 7) is 7.72. The number of halogens is 5. The van der Waals surface area contributed by atoms with Crippen LogP contribution in [0, 0.1) is 0 Å². The highest BCUT2D eigenvalue weighted by Crippen LogP contribution is 2.37. The molecule has 172 valence electrons. The van der Waals surface area contributed by atoms with Gasteiger partial charge in [-0.15, -0.1) is 0 Å². The van der Waals surface area contributed by atoms with E-state index in [-0.39, 0.29) is 0 Å². The highest BCUT2D eigenvalue weighted by molar-refractivity contribution is 6.35. The molecule has 2 heterocycles. The van der Waals surface area contributed by atoms with Crippen molar-refractivity contribution in [3.63, 3.8) is 0 Å². The summed E-state index contributed by atoms with van der Waals surface area (Å²) in [6.07, 6.45) is -0.0352. The van der Waals surface area contributed by atoms with Crippen LogP contribution in [0.1, 0.15) is 36.8 Å². The number of rotatable bonds is 5. The molecule has 0 atom stereocenters. The Bertz CT molecular complexity index is 979. The first-order valence-electron chi connectivity index (χ1n) is 10.8. The lowest BCUT2D eigenvalue weighted by molar-refractivity contribution is -0.137. The zero-order valence-electron chi connectivity index (χ0n) is 17.7. The van der Waals surface area contributed by atoms with Gasteiger partial charge in [0, 0.05) is 46.8 Å². The number of likely N-dealkylation sites (tertiary alicyclic amines) is 1. The van der Waals surface area contributed by atoms with Crippen LogP contribution in [0.3, 0.4) is 0 Å². The second-order valence-electron chi connectivity index (χ2n) is 8.46. The SMILES string of the molecule is C=C(Nc1cc(N2CCC(N3CCCC3)CC2)cc(C(F)(F)F)c1)c1ccc(Cl)cc1Cl. The van der Waals surface area contributed by atoms with Crippen LogP contribution in [0.4, 0.5) is 24.5 Å². The maximum atomic E-state index is 13.6. The summed E-state index contributed by atoms with van der Waals surface area (Å²) < 4.78 is 40.9. The van der Waals surface area contributed by atoms with E-state index in [0.717, 1.165) is 45.1 Å². The third kappa shape index (κ3) is 5.36. The topological polar surface area (TPSA) is 18.5 Å². The zero-order valence-corrected chi connectivity index (χ0v) is 19.2. The Kier molecular flexibility index (Phi) is 6.94. The first kappa shape index (κ1) is 23.3. The largest absolute Gasteiger partial charge is 0.416 e. The van der Waals surface area contributed by atoms with Crippen molar-refractivity contribution in [3.8, 4) is 0 Å². The summed E-state index contributed by atoms with van der Waals surface area (Å²) in [5.74, 6) is 0. The molecule has 0 aromatic heterocycles. The summed E-state index contributed by atoms with van der Waals surface area (Å²) in [5, 5.41) is 3.86. The van der Waals surface area contributed by atoms with Crippen molar-refractivity contribution in [1.82, 2.24) is 4.90 Å². The lowest BCUT2D eigenvalue weighted by Gasteiger charge is -2.38. The molecular formula is C24H26Cl2F3N3. The number of hydrogen-bond acceptors (Lipinski definition) is 3. The number of alkyl halides is 3. The molecule has 2 aliphatic rings. The van der Waals surface area contributed by atoms with Crippen molar-refractivity contribution in [3.05, 3.63) is 64.1 Å². The van der Waals surface area contributed by atoms with Crippen LogP contribution in [-0.4, -0.2) is 37.1 Å². The van der Waals surface area contributed by atoms with Crippen LogP contribution >= 0.6 is 23.2 Å². The van der Waals surface area contributed by atoms with E-state index in [2.05, 4.69) is 16.8 Å². The highest BCUT2D eigenvalue weighted by Gasteiger charge is 2.33. The summed E-state index contributed by atoms with van der Waals surface area (Å²) >= 11 is 12.2. The van der Waals surface area contributed by atoms with Crippen molar-refractivity contribution in [1.29, 1.82) is 0 Å². The Hall–Kier alpha value is -1.89. The molecule has 32 heavy (non-hydrogen) atoms. The normalized spacial score (nSPS) is 18.2. The average molecular weight is 484 g/mol. The molecule has 0 radical (unpaired) electrons. The van der Waals surface area contributed by atoms with Crippen molar-refractivity contribution in [2.45, 2.75) is 37.9 Å². The molecule has 2 aromatic carbocycles. The van der Waals surface area contributed by atoms with E-state index in [4.69, 9.17) is 23.2 Å². The van der Waals surface area contributed by atoms with Gasteiger partial charge in [-0.25, -0.2) is 0 Å². The van der Waals surface area contributed by atoms with Crippen molar-refractivity contribution in [2.24, 2.45) is 0 Å². The van der Waals surface area contributed by atoms with Gasteiger partial charge in [-0.3, -0.25) is 0 Å². The lowest BCUT2D eigenvalue weighted by atomic mass is 10.0. The molecule has 0 amide bonds. The molecule has 3 nitrogen and oxygen atoms in total. The minimum Gasteiger partial charge on any atom is -0.371 e. The second kappa shape index (κ2) is 9.54. The molecule has 2 aromatic rings. The molecule has 4 rings (SSSR count). The molecule has 2 aliphatic heterocycles. The molecule has 0 unspecified atom stereocenters. The van der Waals surface area contributed by atoms with Gasteiger partial charge >= 0.3 is 6.18 Å². The van der Waals surface area contributed by atoms with E-state index in [1.54, 1.807) is 24.3 Å². The number of benzene rings is 2. The fourth-order valence-electron chi connectivity index (χ4n) is 4.60. The Labute approximate surface area is 196 Å². The van der Waals surface area contributed by atoms with Crippen LogP contribution in [0.5, 0.6) is 0 Å². The van der Waals surface area contributed by atoms with E-state index < -0.39 is 11.7 Å². The third-order valence-electron chi connectivity index (χ3n) is 6.28. The van der Waals surface area contributed by atoms with Crippen LogP contribution in [0.2, 0.25) is 10.0 Å². The van der Waals surface area contributed by atoms with Crippen LogP contribution < -0.4 is 10.2 Å². The summed E-state index contributed by atoms with van der Waals surface area (Å²) in [4.78, 5) is 4.57. The molecule has 0 bridgehead atoms. The highest BCUT2D eigenvalue weighted by atomic mass is 35.5. The summed E-state index contributed by atoms with van der Waals surface area (Å²) in [5.41, 5.74) is 1.20. The van der Waals surface area contributed by atoms with Crippen LogP contribution in [0.15, 0.2) is 43.0 Å². The fourth-order valence-corrected chi connectivity index (χ4v) is 5.12. The Balaban J connectivity index is 1.54. The third-order valence-corrected chi connectivity index (χ3v) is 6.83. The smallest absolute Gasteiger partial charge is 0.371 e. The molecular weight excluding hydrogens is 458 g/mol. The predicted octanol–water partition coefficient (Wildman–Crippen LogP) is 7.16. The standard InChI is InChI=1S/C24H26Cl2F3N3/c1-16(22-5-4-18(25)14-23(22)26)30-19-12-17(24(27,28)29)13-21(15-19)32-10-6-20(7-11-32)31-8-2-3-9-31/h4-5,12-15,20,30H,1-3,6-11H2. The number of anilines is 2. The van der Waals surface area contributed by atoms with Gasteiger partial charge in [0.15, 0.2) is 0 Å². The van der Waals surface area contributed by atoms with E-state index in [9.17, 15) is 13.2 Å². The molecule has 2 saturated heterocycles. The number of nitrogens with one attached hydrogen (secondary N) is 1. The van der Waals surface area contributed by atoms with Crippen LogP contribution in [-0.2, 0) is 6.18 Å². The van der Waals surface area contributed by atoms with Crippen molar-refractivity contribution >= 4 is 40.3 Å².